The van der Waals surface area contributed by atoms with E-state index in [1.165, 1.54) is 6.92 Å². The standard InChI is InChI=1S/C16H14ClNO3/c1-11(19)18-14-6-8-15(9-7-14)21-16(20)13-4-2-12(10-17)3-5-13/h2-9H,10H2,1H3,(H,18,19). The van der Waals surface area contributed by atoms with E-state index in [9.17, 15) is 9.59 Å². The molecule has 1 N–H and O–H groups in total. The second-order valence-electron chi connectivity index (χ2n) is 4.43. The fourth-order valence-electron chi connectivity index (χ4n) is 1.71. The molecule has 0 aliphatic rings. The smallest absolute Gasteiger partial charge is 0.343 e. The van der Waals surface area contributed by atoms with Crippen molar-refractivity contribution in [2.45, 2.75) is 12.8 Å². The molecule has 0 radical (unpaired) electrons. The molecule has 0 saturated carbocycles. The molecule has 0 aliphatic carbocycles. The van der Waals surface area contributed by atoms with Crippen molar-refractivity contribution in [1.29, 1.82) is 0 Å². The molecule has 0 spiro atoms. The number of amides is 1. The van der Waals surface area contributed by atoms with Crippen molar-refractivity contribution in [2.24, 2.45) is 0 Å². The molecule has 5 heteroatoms. The Balaban J connectivity index is 2.03. The fourth-order valence-corrected chi connectivity index (χ4v) is 1.88. The Morgan fingerprint density at radius 3 is 2.19 bits per heavy atom. The predicted molar refractivity (Wildman–Crippen MR) is 81.7 cm³/mol. The van der Waals surface area contributed by atoms with Crippen LogP contribution in [0.2, 0.25) is 0 Å². The Morgan fingerprint density at radius 1 is 1.05 bits per heavy atom. The molecular weight excluding hydrogens is 290 g/mol. The third-order valence-electron chi connectivity index (χ3n) is 2.73. The van der Waals surface area contributed by atoms with Crippen LogP contribution >= 0.6 is 11.6 Å². The van der Waals surface area contributed by atoms with Crippen molar-refractivity contribution in [3.05, 3.63) is 59.7 Å². The molecule has 0 heterocycles. The number of anilines is 1. The lowest BCUT2D eigenvalue weighted by Crippen LogP contribution is -2.09. The van der Waals surface area contributed by atoms with Crippen LogP contribution in [0.15, 0.2) is 48.5 Å². The third-order valence-corrected chi connectivity index (χ3v) is 3.04. The van der Waals surface area contributed by atoms with E-state index >= 15 is 0 Å². The van der Waals surface area contributed by atoms with E-state index in [-0.39, 0.29) is 5.91 Å². The van der Waals surface area contributed by atoms with Gasteiger partial charge in [0, 0.05) is 18.5 Å². The number of esters is 1. The summed E-state index contributed by atoms with van der Waals surface area (Å²) in [6, 6.07) is 13.5. The molecule has 0 saturated heterocycles. The van der Waals surface area contributed by atoms with Crippen LogP contribution < -0.4 is 10.1 Å². The maximum Gasteiger partial charge on any atom is 0.343 e. The molecule has 108 valence electrons. The summed E-state index contributed by atoms with van der Waals surface area (Å²) in [4.78, 5) is 22.9. The quantitative estimate of drug-likeness (QED) is 0.533. The largest absolute Gasteiger partial charge is 0.423 e. The van der Waals surface area contributed by atoms with Crippen LogP contribution in [-0.2, 0) is 10.7 Å². The highest BCUT2D eigenvalue weighted by molar-refractivity contribution is 6.17. The van der Waals surface area contributed by atoms with E-state index in [4.69, 9.17) is 16.3 Å². The highest BCUT2D eigenvalue weighted by Gasteiger charge is 2.08. The zero-order valence-electron chi connectivity index (χ0n) is 11.4. The Morgan fingerprint density at radius 2 is 1.67 bits per heavy atom. The maximum atomic E-state index is 12.0. The Bertz CT molecular complexity index is 636. The van der Waals surface area contributed by atoms with Gasteiger partial charge in [-0.3, -0.25) is 4.79 Å². The first-order chi connectivity index (χ1) is 10.1. The van der Waals surface area contributed by atoms with Gasteiger partial charge in [-0.15, -0.1) is 11.6 Å². The molecule has 0 unspecified atom stereocenters. The molecule has 4 nitrogen and oxygen atoms in total. The molecule has 2 aromatic carbocycles. The van der Waals surface area contributed by atoms with Gasteiger partial charge in [-0.05, 0) is 42.0 Å². The van der Waals surface area contributed by atoms with Gasteiger partial charge in [0.25, 0.3) is 0 Å². The van der Waals surface area contributed by atoms with Gasteiger partial charge < -0.3 is 10.1 Å². The van der Waals surface area contributed by atoms with E-state index in [1.54, 1.807) is 48.5 Å². The van der Waals surface area contributed by atoms with Crippen LogP contribution in [0.1, 0.15) is 22.8 Å². The van der Waals surface area contributed by atoms with Crippen molar-refractivity contribution in [2.75, 3.05) is 5.32 Å². The van der Waals surface area contributed by atoms with Crippen molar-refractivity contribution >= 4 is 29.2 Å². The molecule has 2 aromatic rings. The Kier molecular flexibility index (Phi) is 4.95. The molecule has 0 bridgehead atoms. The maximum absolute atomic E-state index is 12.0. The van der Waals surface area contributed by atoms with Gasteiger partial charge in [-0.25, -0.2) is 4.79 Å². The minimum atomic E-state index is -0.441. The van der Waals surface area contributed by atoms with Gasteiger partial charge in [0.2, 0.25) is 5.91 Å². The van der Waals surface area contributed by atoms with Crippen molar-refractivity contribution in [3.63, 3.8) is 0 Å². The minimum Gasteiger partial charge on any atom is -0.423 e. The van der Waals surface area contributed by atoms with Gasteiger partial charge in [-0.2, -0.15) is 0 Å². The van der Waals surface area contributed by atoms with Crippen LogP contribution in [0.4, 0.5) is 5.69 Å². The summed E-state index contributed by atoms with van der Waals surface area (Å²) in [6.45, 7) is 1.43. The van der Waals surface area contributed by atoms with Gasteiger partial charge >= 0.3 is 5.97 Å². The molecule has 1 amide bonds. The van der Waals surface area contributed by atoms with Crippen LogP contribution in [-0.4, -0.2) is 11.9 Å². The van der Waals surface area contributed by atoms with E-state index in [0.29, 0.717) is 22.9 Å². The summed E-state index contributed by atoms with van der Waals surface area (Å²) in [5.41, 5.74) is 2.04. The summed E-state index contributed by atoms with van der Waals surface area (Å²) < 4.78 is 5.25. The third kappa shape index (κ3) is 4.33. The van der Waals surface area contributed by atoms with Crippen LogP contribution in [0.5, 0.6) is 5.75 Å². The number of carbonyl (C=O) groups is 2. The van der Waals surface area contributed by atoms with E-state index in [2.05, 4.69) is 5.32 Å². The average molecular weight is 304 g/mol. The molecule has 21 heavy (non-hydrogen) atoms. The molecule has 0 atom stereocenters. The SMILES string of the molecule is CC(=O)Nc1ccc(OC(=O)c2ccc(CCl)cc2)cc1. The van der Waals surface area contributed by atoms with E-state index < -0.39 is 5.97 Å². The second-order valence-corrected chi connectivity index (χ2v) is 4.69. The normalized spacial score (nSPS) is 10.0. The first kappa shape index (κ1) is 15.1. The number of rotatable bonds is 4. The number of hydrogen-bond donors (Lipinski definition) is 1. The van der Waals surface area contributed by atoms with Crippen molar-refractivity contribution < 1.29 is 14.3 Å². The summed E-state index contributed by atoms with van der Waals surface area (Å²) in [5, 5.41) is 2.64. The lowest BCUT2D eigenvalue weighted by atomic mass is 10.1. The van der Waals surface area contributed by atoms with Gasteiger partial charge in [0.1, 0.15) is 5.75 Å². The van der Waals surface area contributed by atoms with Crippen LogP contribution in [0, 0.1) is 0 Å². The van der Waals surface area contributed by atoms with E-state index in [1.807, 2.05) is 0 Å². The zero-order chi connectivity index (χ0) is 15.2. The number of carbonyl (C=O) groups excluding carboxylic acids is 2. The minimum absolute atomic E-state index is 0.154. The molecule has 2 rings (SSSR count). The highest BCUT2D eigenvalue weighted by atomic mass is 35.5. The fraction of sp³-hybridized carbons (Fsp3) is 0.125. The second kappa shape index (κ2) is 6.90. The Labute approximate surface area is 127 Å². The number of hydrogen-bond acceptors (Lipinski definition) is 3. The van der Waals surface area contributed by atoms with Crippen LogP contribution in [0.25, 0.3) is 0 Å². The summed E-state index contributed by atoms with van der Waals surface area (Å²) >= 11 is 5.69. The Hall–Kier alpha value is -2.33. The van der Waals surface area contributed by atoms with E-state index in [0.717, 1.165) is 5.56 Å². The average Bonchev–Trinajstić information content (AvgIpc) is 2.49. The lowest BCUT2D eigenvalue weighted by molar-refractivity contribution is -0.114. The van der Waals surface area contributed by atoms with Crippen molar-refractivity contribution in [1.82, 2.24) is 0 Å². The summed E-state index contributed by atoms with van der Waals surface area (Å²) in [5.74, 6) is 0.220. The number of nitrogens with one attached hydrogen (secondary N) is 1. The van der Waals surface area contributed by atoms with Crippen LogP contribution in [0.3, 0.4) is 0 Å². The molecule has 0 aliphatic heterocycles. The first-order valence-corrected chi connectivity index (χ1v) is 6.86. The van der Waals surface area contributed by atoms with Crippen molar-refractivity contribution in [3.8, 4) is 5.75 Å². The highest BCUT2D eigenvalue weighted by Crippen LogP contribution is 2.17. The zero-order valence-corrected chi connectivity index (χ0v) is 12.2. The molecule has 0 aromatic heterocycles. The topological polar surface area (TPSA) is 55.4 Å². The lowest BCUT2D eigenvalue weighted by Gasteiger charge is -2.06. The number of ether oxygens (including phenoxy) is 1. The number of alkyl halides is 1. The molecule has 0 fully saturated rings. The predicted octanol–water partition coefficient (Wildman–Crippen LogP) is 3.60. The monoisotopic (exact) mass is 303 g/mol. The number of halogens is 1. The van der Waals surface area contributed by atoms with Gasteiger partial charge in [-0.1, -0.05) is 12.1 Å². The first-order valence-electron chi connectivity index (χ1n) is 6.33. The molecular formula is C16H14ClNO3. The summed E-state index contributed by atoms with van der Waals surface area (Å²) in [7, 11) is 0. The van der Waals surface area contributed by atoms with Gasteiger partial charge in [0.05, 0.1) is 5.56 Å². The number of benzene rings is 2. The van der Waals surface area contributed by atoms with Gasteiger partial charge in [0.15, 0.2) is 0 Å². The summed E-state index contributed by atoms with van der Waals surface area (Å²) in [6.07, 6.45) is 0.